The topological polar surface area (TPSA) is 135 Å². The highest BCUT2D eigenvalue weighted by Gasteiger charge is 2.50. The number of aliphatic hydroxyl groups excluding tert-OH is 2. The highest BCUT2D eigenvalue weighted by molar-refractivity contribution is 6.17. The van der Waals surface area contributed by atoms with Crippen molar-refractivity contribution in [2.75, 3.05) is 20.8 Å². The van der Waals surface area contributed by atoms with E-state index in [0.29, 0.717) is 16.7 Å². The third kappa shape index (κ3) is 4.06. The van der Waals surface area contributed by atoms with Crippen LogP contribution in [-0.2, 0) is 15.9 Å². The van der Waals surface area contributed by atoms with Crippen LogP contribution in [0.2, 0.25) is 0 Å². The number of Topliss-reactive ketones (excluding diaryl/α,β-unsaturated/α-hetero) is 1. The molecule has 0 spiro atoms. The predicted octanol–water partition coefficient (Wildman–Crippen LogP) is 2.99. The quantitative estimate of drug-likeness (QED) is 0.504. The number of methoxy groups -OCH3 is 2. The van der Waals surface area contributed by atoms with Crippen LogP contribution in [0.25, 0.3) is 10.8 Å². The number of fused-ring (bicyclic) bond motifs is 3. The molecule has 4 N–H and O–H groups in total. The Balaban J connectivity index is 1.93. The molecule has 36 heavy (non-hydrogen) atoms. The Hall–Kier alpha value is -3.30. The summed E-state index contributed by atoms with van der Waals surface area (Å²) in [6.45, 7) is 6.52. The summed E-state index contributed by atoms with van der Waals surface area (Å²) in [6, 6.07) is 4.42. The van der Waals surface area contributed by atoms with Crippen LogP contribution in [0, 0.1) is 18.8 Å². The maximum absolute atomic E-state index is 14.0. The normalized spacial score (nSPS) is 23.7. The number of ketones is 1. The minimum atomic E-state index is -1.24. The molecule has 2 aliphatic carbocycles. The molecule has 0 bridgehead atoms. The first-order valence-corrected chi connectivity index (χ1v) is 11.9. The SMILES string of the molecule is COC1=C2C(=O)c3c(c(C)c4cccc(OC)c4c3O)C[C@H]2[C@H](NC(=O)OC(C)(C)C)[C@@H](O)[C@@H]1CO. The lowest BCUT2D eigenvalue weighted by atomic mass is 9.66. The molecule has 2 aromatic carbocycles. The molecule has 0 unspecified atom stereocenters. The standard InChI is InChI=1S/C27H33NO8/c1-12-13-8-7-9-17(34-5)18(13)23(31)19-14(12)10-15-20(24(19)32)25(35-6)16(11-29)22(30)21(15)28-26(33)36-27(2,3)4/h7-9,15-16,21-22,29-31H,10-11H2,1-6H3,(H,28,33)/t15-,16+,21+,22+/m1/s1. The van der Waals surface area contributed by atoms with Gasteiger partial charge in [0.25, 0.3) is 0 Å². The summed E-state index contributed by atoms with van der Waals surface area (Å²) in [7, 11) is 2.86. The van der Waals surface area contributed by atoms with Gasteiger partial charge in [-0.3, -0.25) is 4.79 Å². The van der Waals surface area contributed by atoms with E-state index in [-0.39, 0.29) is 29.1 Å². The number of carbonyl (C=O) groups is 2. The number of phenolic OH excluding ortho intramolecular Hbond substituents is 1. The lowest BCUT2D eigenvalue weighted by Gasteiger charge is -2.44. The zero-order valence-electron chi connectivity index (χ0n) is 21.3. The summed E-state index contributed by atoms with van der Waals surface area (Å²) < 4.78 is 16.4. The molecule has 4 atom stereocenters. The van der Waals surface area contributed by atoms with E-state index >= 15 is 0 Å². The fourth-order valence-corrected chi connectivity index (χ4v) is 5.53. The lowest BCUT2D eigenvalue weighted by Crippen LogP contribution is -2.58. The van der Waals surface area contributed by atoms with E-state index in [2.05, 4.69) is 5.32 Å². The molecule has 194 valence electrons. The van der Waals surface area contributed by atoms with E-state index in [4.69, 9.17) is 14.2 Å². The Bertz CT molecular complexity index is 1260. The molecule has 0 aromatic heterocycles. The summed E-state index contributed by atoms with van der Waals surface area (Å²) in [5, 5.41) is 36.5. The molecule has 0 heterocycles. The van der Waals surface area contributed by atoms with Gasteiger partial charge in [0.2, 0.25) is 0 Å². The average molecular weight is 500 g/mol. The van der Waals surface area contributed by atoms with E-state index in [1.165, 1.54) is 14.2 Å². The average Bonchev–Trinajstić information content (AvgIpc) is 2.82. The number of hydrogen-bond acceptors (Lipinski definition) is 8. The maximum Gasteiger partial charge on any atom is 0.407 e. The summed E-state index contributed by atoms with van der Waals surface area (Å²) in [5.74, 6) is -1.73. The maximum atomic E-state index is 14.0. The molecule has 0 radical (unpaired) electrons. The summed E-state index contributed by atoms with van der Waals surface area (Å²) in [5.41, 5.74) is 0.978. The third-order valence-corrected chi connectivity index (χ3v) is 7.06. The van der Waals surface area contributed by atoms with Crippen LogP contribution >= 0.6 is 0 Å². The molecular weight excluding hydrogens is 466 g/mol. The van der Waals surface area contributed by atoms with E-state index < -0.39 is 48.1 Å². The van der Waals surface area contributed by atoms with Crippen LogP contribution < -0.4 is 10.1 Å². The van der Waals surface area contributed by atoms with Gasteiger partial charge in [-0.25, -0.2) is 4.79 Å². The van der Waals surface area contributed by atoms with E-state index in [1.54, 1.807) is 26.8 Å². The molecule has 0 saturated heterocycles. The summed E-state index contributed by atoms with van der Waals surface area (Å²) in [6.07, 6.45) is -1.74. The van der Waals surface area contributed by atoms with Gasteiger partial charge in [-0.2, -0.15) is 0 Å². The first kappa shape index (κ1) is 25.8. The second kappa shape index (κ2) is 9.29. The Morgan fingerprint density at radius 2 is 1.89 bits per heavy atom. The smallest absolute Gasteiger partial charge is 0.407 e. The Morgan fingerprint density at radius 1 is 1.19 bits per heavy atom. The van der Waals surface area contributed by atoms with Crippen LogP contribution in [0.1, 0.15) is 42.3 Å². The second-order valence-corrected chi connectivity index (χ2v) is 10.3. The number of aromatic hydroxyl groups is 1. The molecular formula is C27H33NO8. The van der Waals surface area contributed by atoms with Crippen molar-refractivity contribution >= 4 is 22.6 Å². The zero-order valence-corrected chi connectivity index (χ0v) is 21.3. The number of rotatable bonds is 4. The second-order valence-electron chi connectivity index (χ2n) is 10.3. The zero-order chi connectivity index (χ0) is 26.5. The van der Waals surface area contributed by atoms with E-state index in [0.717, 1.165) is 10.9 Å². The molecule has 9 heteroatoms. The van der Waals surface area contributed by atoms with Crippen LogP contribution in [0.15, 0.2) is 29.5 Å². The third-order valence-electron chi connectivity index (χ3n) is 7.06. The van der Waals surface area contributed by atoms with Crippen molar-refractivity contribution < 1.29 is 39.1 Å². The van der Waals surface area contributed by atoms with Gasteiger partial charge in [0.15, 0.2) is 5.78 Å². The molecule has 1 amide bonds. The number of benzene rings is 2. The molecule has 0 fully saturated rings. The van der Waals surface area contributed by atoms with Gasteiger partial charge in [-0.05, 0) is 56.7 Å². The Labute approximate surface area is 209 Å². The minimum Gasteiger partial charge on any atom is -0.506 e. The van der Waals surface area contributed by atoms with Gasteiger partial charge >= 0.3 is 6.09 Å². The van der Waals surface area contributed by atoms with Crippen molar-refractivity contribution in [3.8, 4) is 11.5 Å². The molecule has 2 aromatic rings. The van der Waals surface area contributed by atoms with Crippen LogP contribution in [0.4, 0.5) is 4.79 Å². The van der Waals surface area contributed by atoms with Crippen LogP contribution in [0.3, 0.4) is 0 Å². The predicted molar refractivity (Wildman–Crippen MR) is 132 cm³/mol. The van der Waals surface area contributed by atoms with Gasteiger partial charge in [0, 0.05) is 11.5 Å². The van der Waals surface area contributed by atoms with Crippen LogP contribution in [-0.4, -0.2) is 65.8 Å². The first-order valence-electron chi connectivity index (χ1n) is 11.9. The first-order chi connectivity index (χ1) is 16.9. The fraction of sp³-hybridized carbons (Fsp3) is 0.481. The van der Waals surface area contributed by atoms with Gasteiger partial charge in [0.1, 0.15) is 22.9 Å². The van der Waals surface area contributed by atoms with E-state index in [1.807, 2.05) is 19.1 Å². The van der Waals surface area contributed by atoms with Crippen molar-refractivity contribution in [2.45, 2.75) is 51.9 Å². The van der Waals surface area contributed by atoms with E-state index in [9.17, 15) is 24.9 Å². The van der Waals surface area contributed by atoms with Gasteiger partial charge in [-0.1, -0.05) is 12.1 Å². The number of ether oxygens (including phenoxy) is 3. The van der Waals surface area contributed by atoms with Crippen molar-refractivity contribution in [1.29, 1.82) is 0 Å². The largest absolute Gasteiger partial charge is 0.506 e. The number of alkyl carbamates (subject to hydrolysis) is 1. The van der Waals surface area contributed by atoms with Gasteiger partial charge < -0.3 is 34.8 Å². The Morgan fingerprint density at radius 3 is 2.47 bits per heavy atom. The number of nitrogens with one attached hydrogen (secondary N) is 1. The van der Waals surface area contributed by atoms with Crippen molar-refractivity contribution in [3.63, 3.8) is 0 Å². The fourth-order valence-electron chi connectivity index (χ4n) is 5.53. The highest BCUT2D eigenvalue weighted by Crippen LogP contribution is 2.49. The summed E-state index contributed by atoms with van der Waals surface area (Å²) >= 11 is 0. The highest BCUT2D eigenvalue weighted by atomic mass is 16.6. The van der Waals surface area contributed by atoms with Crippen molar-refractivity contribution in [3.05, 3.63) is 46.2 Å². The van der Waals surface area contributed by atoms with Gasteiger partial charge in [0.05, 0.1) is 49.8 Å². The molecule has 4 rings (SSSR count). The minimum absolute atomic E-state index is 0.134. The monoisotopic (exact) mass is 499 g/mol. The van der Waals surface area contributed by atoms with Crippen molar-refractivity contribution in [2.24, 2.45) is 11.8 Å². The number of carbonyl (C=O) groups excluding carboxylic acids is 2. The lowest BCUT2D eigenvalue weighted by molar-refractivity contribution is -0.00719. The van der Waals surface area contributed by atoms with Crippen molar-refractivity contribution in [1.82, 2.24) is 5.32 Å². The number of aliphatic hydroxyl groups is 2. The number of phenols is 1. The number of hydrogen-bond donors (Lipinski definition) is 4. The van der Waals surface area contributed by atoms with Crippen LogP contribution in [0.5, 0.6) is 11.5 Å². The Kier molecular flexibility index (Phi) is 6.66. The number of amides is 1. The molecule has 2 aliphatic rings. The molecule has 0 aliphatic heterocycles. The molecule has 9 nitrogen and oxygen atoms in total. The number of aryl methyl sites for hydroxylation is 1. The van der Waals surface area contributed by atoms with Gasteiger partial charge in [-0.15, -0.1) is 0 Å². The summed E-state index contributed by atoms with van der Waals surface area (Å²) in [4.78, 5) is 26.7. The molecule has 0 saturated carbocycles.